The van der Waals surface area contributed by atoms with E-state index < -0.39 is 83.2 Å². The Hall–Kier alpha value is -4.50. The molecule has 0 aromatic carbocycles. The maximum absolute atomic E-state index is 14.5. The number of primary amides is 1. The number of nitrogens with zero attached hydrogens (tertiary/aromatic N) is 5. The molecule has 12 atom stereocenters. The number of aromatic nitrogens is 2. The fourth-order valence-electron chi connectivity index (χ4n) is 8.42. The molecule has 0 saturated carbocycles. The van der Waals surface area contributed by atoms with Gasteiger partial charge in [-0.15, -0.1) is 0 Å². The highest BCUT2D eigenvalue weighted by Crippen LogP contribution is 2.39. The molecular weight excluding hydrogens is 809 g/mol. The number of oxime groups is 1. The number of amides is 2. The maximum atomic E-state index is 14.5. The molecule has 5 rings (SSSR count). The number of carbonyl (C=O) groups excluding carboxylic acids is 4. The normalized spacial score (nSPS) is 35.5. The number of aliphatic imine (C=N–C) groups is 1. The summed E-state index contributed by atoms with van der Waals surface area (Å²) in [7, 11) is 3.69. The van der Waals surface area contributed by atoms with Crippen LogP contribution in [-0.4, -0.2) is 142 Å². The molecule has 0 spiro atoms. The summed E-state index contributed by atoms with van der Waals surface area (Å²) in [5.74, 6) is -5.21. The van der Waals surface area contributed by atoms with Crippen molar-refractivity contribution in [2.45, 2.75) is 142 Å². The number of carbonyl (C=O) groups is 4. The van der Waals surface area contributed by atoms with Gasteiger partial charge in [0.2, 0.25) is 5.91 Å². The van der Waals surface area contributed by atoms with Gasteiger partial charge in [0.15, 0.2) is 24.4 Å². The summed E-state index contributed by atoms with van der Waals surface area (Å²) < 4.78 is 37.6. The summed E-state index contributed by atoms with van der Waals surface area (Å²) in [6.07, 6.45) is -5.46. The zero-order valence-electron chi connectivity index (χ0n) is 37.2. The largest absolute Gasteiger partial charge is 0.459 e. The Labute approximate surface area is 361 Å². The van der Waals surface area contributed by atoms with E-state index in [0.717, 1.165) is 0 Å². The number of ether oxygens (including phenoxy) is 5. The topological polar surface area (TPSA) is 257 Å². The van der Waals surface area contributed by atoms with Gasteiger partial charge in [-0.25, -0.2) is 9.98 Å². The number of rotatable bonds is 9. The second kappa shape index (κ2) is 20.3. The lowest BCUT2D eigenvalue weighted by Crippen LogP contribution is -2.59. The molecule has 5 heterocycles. The van der Waals surface area contributed by atoms with Crippen molar-refractivity contribution in [2.75, 3.05) is 27.3 Å². The van der Waals surface area contributed by atoms with Gasteiger partial charge in [-0.1, -0.05) is 37.1 Å². The highest BCUT2D eigenvalue weighted by atomic mass is 16.7. The van der Waals surface area contributed by atoms with Crippen LogP contribution in [0.1, 0.15) is 97.3 Å². The predicted molar refractivity (Wildman–Crippen MR) is 223 cm³/mol. The minimum absolute atomic E-state index is 0.0561. The monoisotopic (exact) mass is 870 g/mol. The lowest BCUT2D eigenvalue weighted by molar-refractivity contribution is -0.296. The van der Waals surface area contributed by atoms with E-state index in [-0.39, 0.29) is 68.4 Å². The molecule has 3 aliphatic heterocycles. The van der Waals surface area contributed by atoms with Crippen LogP contribution >= 0.6 is 0 Å². The van der Waals surface area contributed by atoms with Crippen LogP contribution in [0, 0.1) is 17.8 Å². The Morgan fingerprint density at radius 1 is 1.10 bits per heavy atom. The van der Waals surface area contributed by atoms with E-state index in [0.29, 0.717) is 23.5 Å². The van der Waals surface area contributed by atoms with Crippen molar-refractivity contribution in [1.29, 1.82) is 0 Å². The molecule has 3 saturated heterocycles. The molecule has 0 radical (unpaired) electrons. The highest BCUT2D eigenvalue weighted by Gasteiger charge is 2.52. The molecule has 3 fully saturated rings. The number of fused-ring (bicyclic) bond motifs is 5. The van der Waals surface area contributed by atoms with Crippen LogP contribution in [0.5, 0.6) is 0 Å². The Morgan fingerprint density at radius 3 is 2.48 bits per heavy atom. The number of cyclic esters (lactones) is 1. The molecule has 2 bridgehead atoms. The number of likely N-dealkylation sites (N-methyl/N-ethyl adjacent to an activating group) is 1. The molecule has 19 nitrogen and oxygen atoms in total. The van der Waals surface area contributed by atoms with Gasteiger partial charge in [0.05, 0.1) is 42.8 Å². The molecule has 19 heteroatoms. The van der Waals surface area contributed by atoms with Crippen LogP contribution in [0.4, 0.5) is 0 Å². The molecule has 3 aliphatic rings. The summed E-state index contributed by atoms with van der Waals surface area (Å²) >= 11 is 0. The predicted octanol–water partition coefficient (Wildman–Crippen LogP) is 3.02. The van der Waals surface area contributed by atoms with Crippen LogP contribution in [-0.2, 0) is 49.5 Å². The standard InChI is InChI=1S/C43H62N6O13/c1-11-34-43(8,55)35-17-31(45-26(6)50)22(2)18-42(7,38(24(4)36(51)25(5)40(54)60-34)61-41-37(52)33(49(9)10)15-23(3)59-41)57-20-27(19-56-35)47-58-21-28-16-32(48-62-28)29-13-12-14-30(46-29)39(44)53/h12-14,16,22-25,33-35,37-38,41,52,55H,11,15,17-21H2,1-10H3,(H2,44,53)/b45-31?,47-27-/t22-,23-,24+,25-,33+,34+,35+,37-,38-,41+,42-,43-/m1/s1. The number of ketones is 1. The van der Waals surface area contributed by atoms with E-state index in [4.69, 9.17) is 38.8 Å². The molecule has 2 aromatic heterocycles. The number of aliphatic hydroxyl groups is 2. The average Bonchev–Trinajstić information content (AvgIpc) is 3.69. The highest BCUT2D eigenvalue weighted by molar-refractivity contribution is 6.00. The zero-order chi connectivity index (χ0) is 45.7. The van der Waals surface area contributed by atoms with Crippen molar-refractivity contribution >= 4 is 35.0 Å². The molecule has 62 heavy (non-hydrogen) atoms. The molecule has 2 aromatic rings. The molecule has 0 unspecified atom stereocenters. The number of Topliss-reactive ketones (excluding diaryl/α,β-unsaturated/α-hetero) is 1. The van der Waals surface area contributed by atoms with E-state index in [1.54, 1.807) is 39.0 Å². The fraction of sp³-hybridized carbons (Fsp3) is 0.674. The van der Waals surface area contributed by atoms with Crippen molar-refractivity contribution in [2.24, 2.45) is 33.6 Å². The van der Waals surface area contributed by atoms with Gasteiger partial charge in [0, 0.05) is 37.1 Å². The summed E-state index contributed by atoms with van der Waals surface area (Å²) in [6, 6.07) is 5.95. The van der Waals surface area contributed by atoms with Gasteiger partial charge in [0.1, 0.15) is 40.8 Å². The van der Waals surface area contributed by atoms with Crippen LogP contribution < -0.4 is 5.73 Å². The van der Waals surface area contributed by atoms with Gasteiger partial charge in [-0.2, -0.15) is 0 Å². The van der Waals surface area contributed by atoms with Gasteiger partial charge >= 0.3 is 5.97 Å². The molecule has 4 N–H and O–H groups in total. The average molecular weight is 871 g/mol. The SMILES string of the molecule is CC[C@@H]1OC(=O)[C@H](C)C(=O)[C@H](C)[C@@H](O[C@@H]2O[C@H](C)C[C@H](N(C)C)[C@H]2O)[C@@]2(C)C[C@@H](C)C(=NC(C)=O)C[C@H](OC/C(=N/OCc3cc(-c4cccc(C(N)=O)n4)no3)CO2)[C@]1(C)O. The third-order valence-corrected chi connectivity index (χ3v) is 12.0. The van der Waals surface area contributed by atoms with E-state index in [1.165, 1.54) is 26.8 Å². The van der Waals surface area contributed by atoms with Crippen LogP contribution in [0.15, 0.2) is 38.9 Å². The van der Waals surface area contributed by atoms with Crippen LogP contribution in [0.3, 0.4) is 0 Å². The molecular formula is C43H62N6O13. The number of nitrogens with two attached hydrogens (primary N) is 1. The maximum Gasteiger partial charge on any atom is 0.316 e. The molecule has 0 aliphatic carbocycles. The third kappa shape index (κ3) is 11.4. The van der Waals surface area contributed by atoms with Crippen LogP contribution in [0.25, 0.3) is 11.4 Å². The van der Waals surface area contributed by atoms with E-state index in [2.05, 4.69) is 20.3 Å². The van der Waals surface area contributed by atoms with Gasteiger partial charge in [0.25, 0.3) is 5.91 Å². The third-order valence-electron chi connectivity index (χ3n) is 12.0. The van der Waals surface area contributed by atoms with Crippen molar-refractivity contribution < 1.29 is 62.4 Å². The molecule has 342 valence electrons. The van der Waals surface area contributed by atoms with Gasteiger partial charge < -0.3 is 53.9 Å². The first-order valence-corrected chi connectivity index (χ1v) is 21.0. The summed E-state index contributed by atoms with van der Waals surface area (Å²) in [4.78, 5) is 68.9. The van der Waals surface area contributed by atoms with Crippen molar-refractivity contribution in [3.8, 4) is 11.4 Å². The number of esters is 1. The number of hydrogen-bond donors (Lipinski definition) is 3. The first-order valence-electron chi connectivity index (χ1n) is 21.0. The second-order valence-electron chi connectivity index (χ2n) is 17.3. The van der Waals surface area contributed by atoms with Crippen molar-refractivity contribution in [1.82, 2.24) is 15.0 Å². The quantitative estimate of drug-likeness (QED) is 0.186. The summed E-state index contributed by atoms with van der Waals surface area (Å²) in [5.41, 5.74) is 3.37. The van der Waals surface area contributed by atoms with E-state index >= 15 is 0 Å². The zero-order valence-corrected chi connectivity index (χ0v) is 37.2. The minimum atomic E-state index is -1.87. The summed E-state index contributed by atoms with van der Waals surface area (Å²) in [6.45, 7) is 12.3. The lowest BCUT2D eigenvalue weighted by Gasteiger charge is -2.47. The number of pyridine rings is 1. The minimum Gasteiger partial charge on any atom is -0.459 e. The first kappa shape index (κ1) is 48.5. The molecule has 2 amide bonds. The Morgan fingerprint density at radius 2 is 1.82 bits per heavy atom. The Bertz CT molecular complexity index is 1990. The first-order chi connectivity index (χ1) is 29.1. The number of hydrogen-bond acceptors (Lipinski definition) is 17. The van der Waals surface area contributed by atoms with Crippen molar-refractivity contribution in [3.05, 3.63) is 35.7 Å². The van der Waals surface area contributed by atoms with Crippen molar-refractivity contribution in [3.63, 3.8) is 0 Å². The smallest absolute Gasteiger partial charge is 0.316 e. The van der Waals surface area contributed by atoms with Gasteiger partial charge in [-0.3, -0.25) is 19.2 Å². The summed E-state index contributed by atoms with van der Waals surface area (Å²) in [5, 5.41) is 32.3. The Kier molecular flexibility index (Phi) is 15.9. The Balaban J connectivity index is 1.60. The fourth-order valence-corrected chi connectivity index (χ4v) is 8.42. The van der Waals surface area contributed by atoms with Crippen LogP contribution in [0.2, 0.25) is 0 Å². The van der Waals surface area contributed by atoms with E-state index in [9.17, 15) is 29.4 Å². The lowest BCUT2D eigenvalue weighted by atomic mass is 9.76. The van der Waals surface area contributed by atoms with E-state index in [1.807, 2.05) is 32.8 Å². The van der Waals surface area contributed by atoms with Gasteiger partial charge in [-0.05, 0) is 79.1 Å². The second-order valence-corrected chi connectivity index (χ2v) is 17.3. The number of aliphatic hydroxyl groups excluding tert-OH is 1.